The first-order valence-electron chi connectivity index (χ1n) is 8.83. The van der Waals surface area contributed by atoms with E-state index in [1.165, 1.54) is 30.9 Å². The van der Waals surface area contributed by atoms with Gasteiger partial charge in [0.2, 0.25) is 15.9 Å². The van der Waals surface area contributed by atoms with Gasteiger partial charge in [-0.3, -0.25) is 13.9 Å². The van der Waals surface area contributed by atoms with Gasteiger partial charge in [0.1, 0.15) is 18.0 Å². The first-order chi connectivity index (χ1) is 14.5. The summed E-state index contributed by atoms with van der Waals surface area (Å²) in [4.78, 5) is 24.4. The molecule has 0 aliphatic heterocycles. The van der Waals surface area contributed by atoms with Gasteiger partial charge in [0.15, 0.2) is 0 Å². The third-order valence-corrected chi connectivity index (χ3v) is 6.90. The van der Waals surface area contributed by atoms with Gasteiger partial charge in [-0.15, -0.1) is 0 Å². The van der Waals surface area contributed by atoms with Gasteiger partial charge in [0, 0.05) is 24.9 Å². The molecule has 0 spiro atoms. The van der Waals surface area contributed by atoms with Crippen LogP contribution in [0.4, 0.5) is 11.4 Å². The number of methoxy groups -OCH3 is 2. The Labute approximate surface area is 187 Å². The SMILES string of the molecule is COc1cc(N(CC(=O)Nc2ccc3c(c2)sc(=O)n3C)S(C)(=O)=O)c(OC)cc1Cl. The van der Waals surface area contributed by atoms with E-state index in [-0.39, 0.29) is 27.1 Å². The highest BCUT2D eigenvalue weighted by atomic mass is 35.5. The number of carbonyl (C=O) groups is 1. The maximum absolute atomic E-state index is 12.7. The minimum Gasteiger partial charge on any atom is -0.495 e. The molecule has 0 radical (unpaired) electrons. The van der Waals surface area contributed by atoms with Gasteiger partial charge in [0.05, 0.1) is 41.4 Å². The molecule has 0 fully saturated rings. The minimum absolute atomic E-state index is 0.109. The fourth-order valence-electron chi connectivity index (χ4n) is 2.96. The average Bonchev–Trinajstić information content (AvgIpc) is 2.98. The van der Waals surface area contributed by atoms with Crippen molar-refractivity contribution in [2.75, 3.05) is 36.6 Å². The molecule has 2 aromatic carbocycles. The lowest BCUT2D eigenvalue weighted by molar-refractivity contribution is -0.114. The molecule has 1 aromatic heterocycles. The molecule has 3 rings (SSSR count). The molecule has 0 saturated heterocycles. The highest BCUT2D eigenvalue weighted by Gasteiger charge is 2.26. The number of aromatic nitrogens is 1. The molecule has 0 saturated carbocycles. The lowest BCUT2D eigenvalue weighted by atomic mass is 10.2. The van der Waals surface area contributed by atoms with Gasteiger partial charge in [-0.1, -0.05) is 22.9 Å². The van der Waals surface area contributed by atoms with E-state index in [1.54, 1.807) is 25.2 Å². The Morgan fingerprint density at radius 2 is 1.87 bits per heavy atom. The van der Waals surface area contributed by atoms with Gasteiger partial charge >= 0.3 is 4.87 Å². The third kappa shape index (κ3) is 4.78. The van der Waals surface area contributed by atoms with Crippen LogP contribution in [-0.2, 0) is 21.9 Å². The fourth-order valence-corrected chi connectivity index (χ4v) is 4.96. The summed E-state index contributed by atoms with van der Waals surface area (Å²) in [5.74, 6) is -0.181. The molecule has 166 valence electrons. The molecule has 0 aliphatic carbocycles. The van der Waals surface area contributed by atoms with Crippen molar-refractivity contribution in [1.82, 2.24) is 4.57 Å². The van der Waals surface area contributed by atoms with Crippen LogP contribution in [-0.4, -0.2) is 45.9 Å². The predicted octanol–water partition coefficient (Wildman–Crippen LogP) is 2.68. The lowest BCUT2D eigenvalue weighted by Crippen LogP contribution is -2.37. The number of anilines is 2. The Bertz CT molecular complexity index is 1320. The van der Waals surface area contributed by atoms with Crippen molar-refractivity contribution < 1.29 is 22.7 Å². The van der Waals surface area contributed by atoms with Crippen molar-refractivity contribution in [2.45, 2.75) is 0 Å². The van der Waals surface area contributed by atoms with Crippen LogP contribution >= 0.6 is 22.9 Å². The molecule has 1 amide bonds. The summed E-state index contributed by atoms with van der Waals surface area (Å²) >= 11 is 7.15. The quantitative estimate of drug-likeness (QED) is 0.551. The number of thiazole rings is 1. The van der Waals surface area contributed by atoms with E-state index < -0.39 is 22.5 Å². The number of hydrogen-bond acceptors (Lipinski definition) is 7. The number of nitrogens with one attached hydrogen (secondary N) is 1. The Morgan fingerprint density at radius 1 is 1.19 bits per heavy atom. The number of benzene rings is 2. The Morgan fingerprint density at radius 3 is 2.48 bits per heavy atom. The third-order valence-electron chi connectivity index (χ3n) is 4.49. The number of halogens is 1. The van der Waals surface area contributed by atoms with Gasteiger partial charge < -0.3 is 19.4 Å². The molecule has 0 aliphatic rings. The monoisotopic (exact) mass is 485 g/mol. The molecular weight excluding hydrogens is 466 g/mol. The van der Waals surface area contributed by atoms with Crippen LogP contribution < -0.4 is 24.0 Å². The maximum Gasteiger partial charge on any atom is 0.307 e. The van der Waals surface area contributed by atoms with Crippen LogP contribution in [0.2, 0.25) is 5.02 Å². The lowest BCUT2D eigenvalue weighted by Gasteiger charge is -2.24. The molecule has 0 atom stereocenters. The molecule has 1 heterocycles. The zero-order chi connectivity index (χ0) is 22.9. The second-order valence-electron chi connectivity index (χ2n) is 6.59. The summed E-state index contributed by atoms with van der Waals surface area (Å²) in [5, 5.41) is 2.90. The minimum atomic E-state index is -3.86. The van der Waals surface area contributed by atoms with Crippen molar-refractivity contribution in [3.05, 3.63) is 45.0 Å². The zero-order valence-corrected chi connectivity index (χ0v) is 19.5. The Kier molecular flexibility index (Phi) is 6.48. The number of hydrogen-bond donors (Lipinski definition) is 1. The summed E-state index contributed by atoms with van der Waals surface area (Å²) in [6, 6.07) is 7.82. The van der Waals surface area contributed by atoms with Gasteiger partial charge in [-0.2, -0.15) is 0 Å². The number of fused-ring (bicyclic) bond motifs is 1. The van der Waals surface area contributed by atoms with E-state index in [4.69, 9.17) is 21.1 Å². The number of aryl methyl sites for hydroxylation is 1. The van der Waals surface area contributed by atoms with E-state index >= 15 is 0 Å². The summed E-state index contributed by atoms with van der Waals surface area (Å²) in [5.41, 5.74) is 1.29. The summed E-state index contributed by atoms with van der Waals surface area (Å²) in [6.07, 6.45) is 0.980. The molecule has 1 N–H and O–H groups in total. The molecule has 3 aromatic rings. The van der Waals surface area contributed by atoms with Crippen LogP contribution in [0.3, 0.4) is 0 Å². The highest BCUT2D eigenvalue weighted by Crippen LogP contribution is 2.39. The van der Waals surface area contributed by atoms with Crippen molar-refractivity contribution in [3.8, 4) is 11.5 Å². The zero-order valence-electron chi connectivity index (χ0n) is 17.1. The first-order valence-corrected chi connectivity index (χ1v) is 11.9. The second kappa shape index (κ2) is 8.77. The number of sulfonamides is 1. The molecule has 31 heavy (non-hydrogen) atoms. The maximum atomic E-state index is 12.7. The fraction of sp³-hybridized carbons (Fsp3) is 0.263. The molecular formula is C19H20ClN3O6S2. The number of nitrogens with zero attached hydrogens (tertiary/aromatic N) is 2. The number of ether oxygens (including phenoxy) is 2. The second-order valence-corrected chi connectivity index (χ2v) is 9.89. The molecule has 9 nitrogen and oxygen atoms in total. The van der Waals surface area contributed by atoms with Crippen molar-refractivity contribution >= 4 is 60.5 Å². The van der Waals surface area contributed by atoms with Crippen LogP contribution in [0.25, 0.3) is 10.2 Å². The van der Waals surface area contributed by atoms with Crippen molar-refractivity contribution in [1.29, 1.82) is 0 Å². The largest absolute Gasteiger partial charge is 0.495 e. The number of amides is 1. The van der Waals surface area contributed by atoms with Crippen molar-refractivity contribution in [2.24, 2.45) is 7.05 Å². The van der Waals surface area contributed by atoms with Crippen LogP contribution in [0.15, 0.2) is 35.1 Å². The highest BCUT2D eigenvalue weighted by molar-refractivity contribution is 7.92. The van der Waals surface area contributed by atoms with Crippen LogP contribution in [0.5, 0.6) is 11.5 Å². The number of carbonyl (C=O) groups excluding carboxylic acids is 1. The molecule has 12 heteroatoms. The molecule has 0 unspecified atom stereocenters. The van der Waals surface area contributed by atoms with E-state index in [0.717, 1.165) is 27.4 Å². The van der Waals surface area contributed by atoms with Gasteiger partial charge in [0.25, 0.3) is 0 Å². The molecule has 0 bridgehead atoms. The summed E-state index contributed by atoms with van der Waals surface area (Å²) < 4.78 is 38.5. The normalized spacial score (nSPS) is 11.4. The van der Waals surface area contributed by atoms with Crippen molar-refractivity contribution in [3.63, 3.8) is 0 Å². The van der Waals surface area contributed by atoms with Gasteiger partial charge in [-0.05, 0) is 18.2 Å². The summed E-state index contributed by atoms with van der Waals surface area (Å²) in [6.45, 7) is -0.511. The van der Waals surface area contributed by atoms with Crippen LogP contribution in [0.1, 0.15) is 0 Å². The van der Waals surface area contributed by atoms with E-state index in [0.29, 0.717) is 10.4 Å². The van der Waals surface area contributed by atoms with E-state index in [1.807, 2.05) is 0 Å². The van der Waals surface area contributed by atoms with E-state index in [2.05, 4.69) is 5.32 Å². The smallest absolute Gasteiger partial charge is 0.307 e. The standard InChI is InChI=1S/C19H20ClN3O6S2/c1-22-13-6-5-11(7-17(13)30-19(22)25)21-18(24)10-23(31(4,26)27)14-9-15(28-2)12(20)8-16(14)29-3/h5-9H,10H2,1-4H3,(H,21,24). The summed E-state index contributed by atoms with van der Waals surface area (Å²) in [7, 11) is 0.558. The Hall–Kier alpha value is -2.76. The average molecular weight is 486 g/mol. The van der Waals surface area contributed by atoms with Gasteiger partial charge in [-0.25, -0.2) is 8.42 Å². The topological polar surface area (TPSA) is 107 Å². The number of rotatable bonds is 7. The predicted molar refractivity (Wildman–Crippen MR) is 122 cm³/mol. The van der Waals surface area contributed by atoms with E-state index in [9.17, 15) is 18.0 Å². The van der Waals surface area contributed by atoms with Crippen LogP contribution in [0, 0.1) is 0 Å². The Balaban J connectivity index is 1.92. The first kappa shape index (κ1) is 22.9.